The topological polar surface area (TPSA) is 68.0 Å². The highest BCUT2D eigenvalue weighted by molar-refractivity contribution is 9.10. The predicted octanol–water partition coefficient (Wildman–Crippen LogP) is 0.980. The van der Waals surface area contributed by atoms with Crippen LogP contribution in [0.4, 0.5) is 0 Å². The zero-order valence-electron chi connectivity index (χ0n) is 7.83. The number of halogens is 1. The van der Waals surface area contributed by atoms with E-state index in [0.29, 0.717) is 6.54 Å². The Morgan fingerprint density at radius 1 is 1.71 bits per heavy atom. The zero-order chi connectivity index (χ0) is 10.6. The maximum absolute atomic E-state index is 11.1. The van der Waals surface area contributed by atoms with Gasteiger partial charge in [0.15, 0.2) is 0 Å². The molecule has 1 aromatic heterocycles. The average Bonchev–Trinajstić information content (AvgIpc) is 2.13. The molecule has 0 spiro atoms. The first-order valence-electron chi connectivity index (χ1n) is 4.28. The number of nitrogens with zero attached hydrogens (tertiary/aromatic N) is 1. The molecule has 1 aromatic rings. The van der Waals surface area contributed by atoms with Crippen molar-refractivity contribution in [2.45, 2.75) is 13.0 Å². The number of nitrogens with two attached hydrogens (primary N) is 1. The standard InChI is InChI=1S/C9H12BrN3O/c1-2-13-8(9(11)14)6-3-7(10)5-12-4-6/h3-5,8,13H,2H2,1H3,(H2,11,14). The third-order valence-electron chi connectivity index (χ3n) is 1.75. The molecule has 0 aromatic carbocycles. The van der Waals surface area contributed by atoms with Gasteiger partial charge in [-0.15, -0.1) is 0 Å². The van der Waals surface area contributed by atoms with Crippen LogP contribution in [-0.2, 0) is 4.79 Å². The van der Waals surface area contributed by atoms with E-state index in [1.54, 1.807) is 12.4 Å². The fourth-order valence-corrected chi connectivity index (χ4v) is 1.56. The first-order valence-corrected chi connectivity index (χ1v) is 5.07. The van der Waals surface area contributed by atoms with Crippen molar-refractivity contribution in [2.75, 3.05) is 6.54 Å². The van der Waals surface area contributed by atoms with E-state index in [-0.39, 0.29) is 0 Å². The van der Waals surface area contributed by atoms with Crippen molar-refractivity contribution >= 4 is 21.8 Å². The summed E-state index contributed by atoms with van der Waals surface area (Å²) in [5.41, 5.74) is 6.03. The lowest BCUT2D eigenvalue weighted by atomic mass is 10.1. The van der Waals surface area contributed by atoms with E-state index in [9.17, 15) is 4.79 Å². The van der Waals surface area contributed by atoms with Crippen LogP contribution in [0.15, 0.2) is 22.9 Å². The van der Waals surface area contributed by atoms with Crippen molar-refractivity contribution in [3.63, 3.8) is 0 Å². The average molecular weight is 258 g/mol. The van der Waals surface area contributed by atoms with E-state index in [1.807, 2.05) is 13.0 Å². The Morgan fingerprint density at radius 2 is 2.43 bits per heavy atom. The number of hydrogen-bond acceptors (Lipinski definition) is 3. The number of pyridine rings is 1. The lowest BCUT2D eigenvalue weighted by molar-refractivity contribution is -0.120. The molecule has 1 heterocycles. The third-order valence-corrected chi connectivity index (χ3v) is 2.19. The molecule has 1 unspecified atom stereocenters. The number of carbonyl (C=O) groups is 1. The molecule has 0 aliphatic carbocycles. The highest BCUT2D eigenvalue weighted by atomic mass is 79.9. The molecule has 0 saturated heterocycles. The molecule has 76 valence electrons. The number of amides is 1. The Hall–Kier alpha value is -0.940. The number of likely N-dealkylation sites (N-methyl/N-ethyl adjacent to an activating group) is 1. The monoisotopic (exact) mass is 257 g/mol. The van der Waals surface area contributed by atoms with Gasteiger partial charge in [-0.2, -0.15) is 0 Å². The maximum atomic E-state index is 11.1. The van der Waals surface area contributed by atoms with Crippen molar-refractivity contribution in [2.24, 2.45) is 5.73 Å². The summed E-state index contributed by atoms with van der Waals surface area (Å²) >= 11 is 3.29. The fraction of sp³-hybridized carbons (Fsp3) is 0.333. The van der Waals surface area contributed by atoms with Gasteiger partial charge < -0.3 is 11.1 Å². The Balaban J connectivity index is 2.93. The smallest absolute Gasteiger partial charge is 0.239 e. The van der Waals surface area contributed by atoms with Gasteiger partial charge >= 0.3 is 0 Å². The molecule has 0 fully saturated rings. The number of primary amides is 1. The normalized spacial score (nSPS) is 12.4. The van der Waals surface area contributed by atoms with Gasteiger partial charge in [-0.05, 0) is 34.1 Å². The SMILES string of the molecule is CCNC(C(N)=O)c1cncc(Br)c1. The highest BCUT2D eigenvalue weighted by Crippen LogP contribution is 2.16. The van der Waals surface area contributed by atoms with Gasteiger partial charge in [0.25, 0.3) is 0 Å². The molecule has 0 bridgehead atoms. The van der Waals surface area contributed by atoms with Gasteiger partial charge in [-0.1, -0.05) is 6.92 Å². The van der Waals surface area contributed by atoms with Crippen LogP contribution >= 0.6 is 15.9 Å². The summed E-state index contributed by atoms with van der Waals surface area (Å²) in [4.78, 5) is 15.1. The molecule has 0 radical (unpaired) electrons. The van der Waals surface area contributed by atoms with Crippen molar-refractivity contribution in [3.8, 4) is 0 Å². The van der Waals surface area contributed by atoms with Crippen LogP contribution in [0, 0.1) is 0 Å². The van der Waals surface area contributed by atoms with Crippen LogP contribution in [0.25, 0.3) is 0 Å². The lowest BCUT2D eigenvalue weighted by Crippen LogP contribution is -2.33. The fourth-order valence-electron chi connectivity index (χ4n) is 1.17. The number of rotatable bonds is 4. The molecule has 14 heavy (non-hydrogen) atoms. The largest absolute Gasteiger partial charge is 0.368 e. The van der Waals surface area contributed by atoms with Crippen molar-refractivity contribution in [3.05, 3.63) is 28.5 Å². The lowest BCUT2D eigenvalue weighted by Gasteiger charge is -2.13. The molecule has 5 heteroatoms. The molecule has 0 saturated carbocycles. The number of nitrogens with one attached hydrogen (secondary N) is 1. The maximum Gasteiger partial charge on any atom is 0.239 e. The highest BCUT2D eigenvalue weighted by Gasteiger charge is 2.16. The Morgan fingerprint density at radius 3 is 2.93 bits per heavy atom. The minimum absolute atomic E-state index is 0.397. The van der Waals surface area contributed by atoms with E-state index in [2.05, 4.69) is 26.2 Å². The molecule has 0 aliphatic rings. The van der Waals surface area contributed by atoms with Gasteiger partial charge in [-0.25, -0.2) is 0 Å². The molecule has 1 rings (SSSR count). The summed E-state index contributed by atoms with van der Waals surface area (Å²) in [7, 11) is 0. The van der Waals surface area contributed by atoms with E-state index in [0.717, 1.165) is 10.0 Å². The van der Waals surface area contributed by atoms with Gasteiger partial charge in [-0.3, -0.25) is 9.78 Å². The minimum atomic E-state index is -0.468. The summed E-state index contributed by atoms with van der Waals surface area (Å²) in [6.07, 6.45) is 3.29. The summed E-state index contributed by atoms with van der Waals surface area (Å²) in [5.74, 6) is -0.397. The Labute approximate surface area is 91.0 Å². The van der Waals surface area contributed by atoms with Gasteiger partial charge in [0, 0.05) is 16.9 Å². The Bertz CT molecular complexity index is 330. The predicted molar refractivity (Wildman–Crippen MR) is 57.5 cm³/mol. The first-order chi connectivity index (χ1) is 6.65. The van der Waals surface area contributed by atoms with Crippen LogP contribution in [0.1, 0.15) is 18.5 Å². The second-order valence-corrected chi connectivity index (χ2v) is 3.75. The number of hydrogen-bond donors (Lipinski definition) is 2. The van der Waals surface area contributed by atoms with Crippen molar-refractivity contribution in [1.29, 1.82) is 0 Å². The van der Waals surface area contributed by atoms with Gasteiger partial charge in [0.1, 0.15) is 6.04 Å². The molecule has 3 N–H and O–H groups in total. The van der Waals surface area contributed by atoms with Crippen LogP contribution in [-0.4, -0.2) is 17.4 Å². The van der Waals surface area contributed by atoms with Gasteiger partial charge in [0.2, 0.25) is 5.91 Å². The molecule has 1 atom stereocenters. The van der Waals surface area contributed by atoms with E-state index < -0.39 is 11.9 Å². The molecular formula is C9H12BrN3O. The Kier molecular flexibility index (Phi) is 4.03. The minimum Gasteiger partial charge on any atom is -0.368 e. The van der Waals surface area contributed by atoms with Crippen LogP contribution in [0.5, 0.6) is 0 Å². The quantitative estimate of drug-likeness (QED) is 0.845. The second kappa shape index (κ2) is 5.07. The molecular weight excluding hydrogens is 246 g/mol. The van der Waals surface area contributed by atoms with Gasteiger partial charge in [0.05, 0.1) is 0 Å². The van der Waals surface area contributed by atoms with E-state index in [1.165, 1.54) is 0 Å². The number of aromatic nitrogens is 1. The third kappa shape index (κ3) is 2.78. The second-order valence-electron chi connectivity index (χ2n) is 2.83. The van der Waals surface area contributed by atoms with Crippen molar-refractivity contribution < 1.29 is 4.79 Å². The molecule has 4 nitrogen and oxygen atoms in total. The summed E-state index contributed by atoms with van der Waals surface area (Å²) in [6.45, 7) is 2.60. The van der Waals surface area contributed by atoms with E-state index >= 15 is 0 Å². The van der Waals surface area contributed by atoms with E-state index in [4.69, 9.17) is 5.73 Å². The summed E-state index contributed by atoms with van der Waals surface area (Å²) in [5, 5.41) is 2.99. The van der Waals surface area contributed by atoms with Crippen LogP contribution in [0.2, 0.25) is 0 Å². The van der Waals surface area contributed by atoms with Crippen LogP contribution < -0.4 is 11.1 Å². The zero-order valence-corrected chi connectivity index (χ0v) is 9.41. The molecule has 1 amide bonds. The summed E-state index contributed by atoms with van der Waals surface area (Å²) < 4.78 is 0.833. The first kappa shape index (κ1) is 11.1. The number of carbonyl (C=O) groups excluding carboxylic acids is 1. The van der Waals surface area contributed by atoms with Crippen molar-refractivity contribution in [1.82, 2.24) is 10.3 Å². The molecule has 0 aliphatic heterocycles. The summed E-state index contributed by atoms with van der Waals surface area (Å²) in [6, 6.07) is 1.36. The van der Waals surface area contributed by atoms with Crippen LogP contribution in [0.3, 0.4) is 0 Å².